The number of H-pyrrole nitrogens is 1. The summed E-state index contributed by atoms with van der Waals surface area (Å²) in [5.41, 5.74) is 3.00. The van der Waals surface area contributed by atoms with Crippen LogP contribution in [0, 0.1) is 0 Å². The Balaban J connectivity index is 1.45. The highest BCUT2D eigenvalue weighted by Gasteiger charge is 2.33. The Morgan fingerprint density at radius 3 is 3.13 bits per heavy atom. The second-order valence-corrected chi connectivity index (χ2v) is 6.60. The van der Waals surface area contributed by atoms with Crippen LogP contribution in [0.15, 0.2) is 29.8 Å². The van der Waals surface area contributed by atoms with Gasteiger partial charge in [-0.2, -0.15) is 5.10 Å². The smallest absolute Gasteiger partial charge is 0.225 e. The molecule has 1 aliphatic rings. The van der Waals surface area contributed by atoms with Gasteiger partial charge in [-0.1, -0.05) is 0 Å². The molecular weight excluding hydrogens is 310 g/mol. The molecular formula is C16H17N5OS. The summed E-state index contributed by atoms with van der Waals surface area (Å²) in [5.74, 6) is 0.0757. The van der Waals surface area contributed by atoms with Gasteiger partial charge in [0.15, 0.2) is 5.13 Å². The third-order valence-electron chi connectivity index (χ3n) is 3.91. The van der Waals surface area contributed by atoms with E-state index in [1.54, 1.807) is 6.92 Å². The van der Waals surface area contributed by atoms with E-state index in [-0.39, 0.29) is 5.91 Å². The number of aromatic nitrogens is 3. The lowest BCUT2D eigenvalue weighted by atomic mass is 10.2. The molecule has 0 bridgehead atoms. The van der Waals surface area contributed by atoms with Crippen molar-refractivity contribution in [2.75, 3.05) is 10.2 Å². The van der Waals surface area contributed by atoms with Gasteiger partial charge in [0.05, 0.1) is 24.0 Å². The number of amides is 1. The molecule has 0 unspecified atom stereocenters. The fourth-order valence-corrected chi connectivity index (χ4v) is 3.55. The minimum Gasteiger partial charge on any atom is -0.379 e. The predicted octanol–water partition coefficient (Wildman–Crippen LogP) is 3.15. The number of rotatable bonds is 5. The normalized spacial score (nSPS) is 14.1. The summed E-state index contributed by atoms with van der Waals surface area (Å²) in [7, 11) is 0. The van der Waals surface area contributed by atoms with Crippen LogP contribution in [0.3, 0.4) is 0 Å². The summed E-state index contributed by atoms with van der Waals surface area (Å²) in [6.07, 6.45) is 3.97. The van der Waals surface area contributed by atoms with Crippen molar-refractivity contribution in [3.8, 4) is 0 Å². The number of hydrogen-bond donors (Lipinski definition) is 2. The number of fused-ring (bicyclic) bond motifs is 1. The molecule has 2 heterocycles. The van der Waals surface area contributed by atoms with Crippen LogP contribution in [-0.4, -0.2) is 27.1 Å². The highest BCUT2D eigenvalue weighted by molar-refractivity contribution is 7.14. The molecule has 0 spiro atoms. The number of thiazole rings is 1. The van der Waals surface area contributed by atoms with E-state index in [9.17, 15) is 4.79 Å². The number of hydrogen-bond acceptors (Lipinski definition) is 5. The largest absolute Gasteiger partial charge is 0.379 e. The van der Waals surface area contributed by atoms with Gasteiger partial charge in [0.25, 0.3) is 0 Å². The van der Waals surface area contributed by atoms with E-state index in [1.165, 1.54) is 11.3 Å². The number of carbonyl (C=O) groups excluding carboxylic acids is 1. The highest BCUT2D eigenvalue weighted by atomic mass is 32.1. The lowest BCUT2D eigenvalue weighted by Crippen LogP contribution is -2.30. The Labute approximate surface area is 137 Å². The van der Waals surface area contributed by atoms with E-state index in [2.05, 4.69) is 26.6 Å². The number of carbonyl (C=O) groups is 1. The summed E-state index contributed by atoms with van der Waals surface area (Å²) in [4.78, 5) is 18.2. The Hall–Kier alpha value is -2.41. The lowest BCUT2D eigenvalue weighted by molar-refractivity contribution is -0.116. The van der Waals surface area contributed by atoms with E-state index in [0.717, 1.165) is 40.3 Å². The van der Waals surface area contributed by atoms with Crippen molar-refractivity contribution in [2.45, 2.75) is 32.4 Å². The molecule has 1 aliphatic carbocycles. The topological polar surface area (TPSA) is 73.9 Å². The van der Waals surface area contributed by atoms with E-state index in [0.29, 0.717) is 12.6 Å². The first-order chi connectivity index (χ1) is 11.2. The van der Waals surface area contributed by atoms with Crippen molar-refractivity contribution in [1.29, 1.82) is 0 Å². The molecule has 118 valence electrons. The summed E-state index contributed by atoms with van der Waals surface area (Å²) in [6, 6.07) is 6.42. The number of anilines is 2. The predicted molar refractivity (Wildman–Crippen MR) is 91.7 cm³/mol. The lowest BCUT2D eigenvalue weighted by Gasteiger charge is -2.16. The maximum Gasteiger partial charge on any atom is 0.225 e. The fourth-order valence-electron chi connectivity index (χ4n) is 2.61. The van der Waals surface area contributed by atoms with Crippen LogP contribution in [0.4, 0.5) is 10.8 Å². The number of nitrogens with one attached hydrogen (secondary N) is 2. The maximum atomic E-state index is 11.8. The molecule has 2 aromatic heterocycles. The van der Waals surface area contributed by atoms with Gasteiger partial charge in [-0.3, -0.25) is 14.8 Å². The minimum absolute atomic E-state index is 0.0757. The molecule has 6 nitrogen and oxygen atoms in total. The molecule has 1 aromatic carbocycles. The Morgan fingerprint density at radius 1 is 1.48 bits per heavy atom. The molecule has 23 heavy (non-hydrogen) atoms. The van der Waals surface area contributed by atoms with Crippen LogP contribution >= 0.6 is 11.3 Å². The van der Waals surface area contributed by atoms with Crippen molar-refractivity contribution in [3.63, 3.8) is 0 Å². The summed E-state index contributed by atoms with van der Waals surface area (Å²) in [6.45, 7) is 2.24. The fraction of sp³-hybridized carbons (Fsp3) is 0.312. The average Bonchev–Trinajstić information content (AvgIpc) is 3.07. The molecule has 0 radical (unpaired) electrons. The van der Waals surface area contributed by atoms with Gasteiger partial charge >= 0.3 is 0 Å². The van der Waals surface area contributed by atoms with Crippen molar-refractivity contribution in [1.82, 2.24) is 15.2 Å². The third-order valence-corrected chi connectivity index (χ3v) is 4.80. The molecule has 1 saturated carbocycles. The van der Waals surface area contributed by atoms with Crippen molar-refractivity contribution < 1.29 is 4.79 Å². The highest BCUT2D eigenvalue weighted by Crippen LogP contribution is 2.33. The zero-order chi connectivity index (χ0) is 15.8. The average molecular weight is 327 g/mol. The van der Waals surface area contributed by atoms with Gasteiger partial charge < -0.3 is 5.32 Å². The molecule has 3 aromatic rings. The monoisotopic (exact) mass is 327 g/mol. The van der Waals surface area contributed by atoms with E-state index >= 15 is 0 Å². The van der Waals surface area contributed by atoms with Crippen LogP contribution < -0.4 is 10.2 Å². The second-order valence-electron chi connectivity index (χ2n) is 5.77. The minimum atomic E-state index is 0.0757. The number of aromatic amines is 1. The van der Waals surface area contributed by atoms with Crippen molar-refractivity contribution in [3.05, 3.63) is 35.5 Å². The second kappa shape index (κ2) is 5.66. The van der Waals surface area contributed by atoms with Crippen LogP contribution in [0.1, 0.15) is 25.5 Å². The van der Waals surface area contributed by atoms with Gasteiger partial charge in [-0.15, -0.1) is 11.3 Å². The molecule has 0 saturated heterocycles. The molecule has 2 N–H and O–H groups in total. The SMILES string of the molecule is CC(=O)N(c1nc(CNc2ccc3[nH]ncc3c2)cs1)C1CC1. The first-order valence-electron chi connectivity index (χ1n) is 7.62. The molecule has 4 rings (SSSR count). The van der Waals surface area contributed by atoms with E-state index < -0.39 is 0 Å². The van der Waals surface area contributed by atoms with Gasteiger partial charge in [0.1, 0.15) is 0 Å². The van der Waals surface area contributed by atoms with Crippen LogP contribution in [-0.2, 0) is 11.3 Å². The molecule has 1 fully saturated rings. The zero-order valence-electron chi connectivity index (χ0n) is 12.7. The Kier molecular flexibility index (Phi) is 3.49. The molecule has 0 aliphatic heterocycles. The summed E-state index contributed by atoms with van der Waals surface area (Å²) < 4.78 is 0. The van der Waals surface area contributed by atoms with Crippen LogP contribution in [0.2, 0.25) is 0 Å². The van der Waals surface area contributed by atoms with Crippen LogP contribution in [0.25, 0.3) is 10.9 Å². The van der Waals surface area contributed by atoms with Crippen molar-refractivity contribution >= 4 is 39.0 Å². The molecule has 1 amide bonds. The number of benzene rings is 1. The first-order valence-corrected chi connectivity index (χ1v) is 8.50. The standard InChI is InChI=1S/C16H17N5OS/c1-10(22)21(14-3-4-14)16-19-13(9-23-16)8-17-12-2-5-15-11(6-12)7-18-20-15/h2,5-7,9,14,17H,3-4,8H2,1H3,(H,18,20). The van der Waals surface area contributed by atoms with Crippen molar-refractivity contribution in [2.24, 2.45) is 0 Å². The molecule has 7 heteroatoms. The first kappa shape index (κ1) is 14.2. The summed E-state index contributed by atoms with van der Waals surface area (Å²) >= 11 is 1.53. The van der Waals surface area contributed by atoms with E-state index in [1.807, 2.05) is 28.6 Å². The quantitative estimate of drug-likeness (QED) is 0.755. The number of nitrogens with zero attached hydrogens (tertiary/aromatic N) is 3. The van der Waals surface area contributed by atoms with Crippen LogP contribution in [0.5, 0.6) is 0 Å². The zero-order valence-corrected chi connectivity index (χ0v) is 13.6. The van der Waals surface area contributed by atoms with Gasteiger partial charge in [-0.25, -0.2) is 4.98 Å². The van der Waals surface area contributed by atoms with Gasteiger partial charge in [0.2, 0.25) is 5.91 Å². The maximum absolute atomic E-state index is 11.8. The Bertz CT molecular complexity index is 851. The summed E-state index contributed by atoms with van der Waals surface area (Å²) in [5, 5.41) is 14.2. The van der Waals surface area contributed by atoms with Gasteiger partial charge in [0, 0.05) is 29.4 Å². The molecule has 0 atom stereocenters. The third kappa shape index (κ3) is 2.92. The Morgan fingerprint density at radius 2 is 2.35 bits per heavy atom. The van der Waals surface area contributed by atoms with Gasteiger partial charge in [-0.05, 0) is 31.0 Å². The van der Waals surface area contributed by atoms with E-state index in [4.69, 9.17) is 0 Å².